The first-order chi connectivity index (χ1) is 16.0. The molecular formula is C25H29N3O5. The normalized spacial score (nSPS) is 18.2. The van der Waals surface area contributed by atoms with Crippen LogP contribution in [0.15, 0.2) is 53.7 Å². The van der Waals surface area contributed by atoms with Gasteiger partial charge in [-0.25, -0.2) is 9.59 Å². The van der Waals surface area contributed by atoms with Crippen LogP contribution >= 0.6 is 0 Å². The Morgan fingerprint density at radius 1 is 1.09 bits per heavy atom. The van der Waals surface area contributed by atoms with Gasteiger partial charge in [0.2, 0.25) is 0 Å². The van der Waals surface area contributed by atoms with Crippen molar-refractivity contribution in [2.45, 2.75) is 25.9 Å². The molecule has 8 nitrogen and oxygen atoms in total. The van der Waals surface area contributed by atoms with Gasteiger partial charge < -0.3 is 24.8 Å². The molecule has 2 aromatic rings. The average molecular weight is 452 g/mol. The van der Waals surface area contributed by atoms with E-state index in [9.17, 15) is 9.59 Å². The first kappa shape index (κ1) is 22.7. The number of carbonyl (C=O) groups excluding carboxylic acids is 2. The number of carbonyl (C=O) groups is 2. The van der Waals surface area contributed by atoms with Gasteiger partial charge in [-0.3, -0.25) is 4.90 Å². The SMILES string of the molecule is CCOC(=O)C1=C(CN2CCc3ccccc3C2)NC(=O)N[C@H]1c1ccc(OC)c(OC)c1. The number of nitrogens with zero attached hydrogens (tertiary/aromatic N) is 1. The third-order valence-corrected chi connectivity index (χ3v) is 5.98. The Labute approximate surface area is 193 Å². The van der Waals surface area contributed by atoms with Gasteiger partial charge in [-0.05, 0) is 42.2 Å². The van der Waals surface area contributed by atoms with E-state index in [0.717, 1.165) is 19.5 Å². The second-order valence-electron chi connectivity index (χ2n) is 7.99. The molecule has 0 fully saturated rings. The van der Waals surface area contributed by atoms with E-state index in [4.69, 9.17) is 14.2 Å². The van der Waals surface area contributed by atoms with Gasteiger partial charge in [-0.15, -0.1) is 0 Å². The molecule has 174 valence electrons. The molecular weight excluding hydrogens is 422 g/mol. The fraction of sp³-hybridized carbons (Fsp3) is 0.360. The smallest absolute Gasteiger partial charge is 0.338 e. The molecule has 2 heterocycles. The first-order valence-corrected chi connectivity index (χ1v) is 11.0. The highest BCUT2D eigenvalue weighted by molar-refractivity contribution is 5.95. The number of fused-ring (bicyclic) bond motifs is 1. The highest BCUT2D eigenvalue weighted by Gasteiger charge is 2.35. The van der Waals surface area contributed by atoms with Gasteiger partial charge >= 0.3 is 12.0 Å². The number of rotatable bonds is 7. The Morgan fingerprint density at radius 2 is 1.85 bits per heavy atom. The van der Waals surface area contributed by atoms with Crippen LogP contribution in [0.25, 0.3) is 0 Å². The van der Waals surface area contributed by atoms with Crippen molar-refractivity contribution in [3.63, 3.8) is 0 Å². The zero-order valence-corrected chi connectivity index (χ0v) is 19.1. The van der Waals surface area contributed by atoms with Crippen LogP contribution < -0.4 is 20.1 Å². The number of benzene rings is 2. The Kier molecular flexibility index (Phi) is 6.84. The highest BCUT2D eigenvalue weighted by Crippen LogP contribution is 2.35. The van der Waals surface area contributed by atoms with E-state index in [-0.39, 0.29) is 12.6 Å². The van der Waals surface area contributed by atoms with E-state index in [1.165, 1.54) is 11.1 Å². The lowest BCUT2D eigenvalue weighted by Crippen LogP contribution is -2.49. The Bertz CT molecular complexity index is 1080. The van der Waals surface area contributed by atoms with Crippen molar-refractivity contribution < 1.29 is 23.8 Å². The molecule has 1 atom stereocenters. The third kappa shape index (κ3) is 4.80. The zero-order chi connectivity index (χ0) is 23.4. The van der Waals surface area contributed by atoms with Crippen molar-refractivity contribution in [3.8, 4) is 11.5 Å². The molecule has 0 bridgehead atoms. The lowest BCUT2D eigenvalue weighted by molar-refractivity contribution is -0.139. The summed E-state index contributed by atoms with van der Waals surface area (Å²) in [5, 5.41) is 5.73. The molecule has 2 aromatic carbocycles. The van der Waals surface area contributed by atoms with E-state index in [1.807, 2.05) is 12.1 Å². The number of amides is 2. The summed E-state index contributed by atoms with van der Waals surface area (Å²) >= 11 is 0. The number of hydrogen-bond donors (Lipinski definition) is 2. The lowest BCUT2D eigenvalue weighted by atomic mass is 9.94. The third-order valence-electron chi connectivity index (χ3n) is 5.98. The molecule has 33 heavy (non-hydrogen) atoms. The van der Waals surface area contributed by atoms with E-state index in [0.29, 0.717) is 34.9 Å². The summed E-state index contributed by atoms with van der Waals surface area (Å²) in [6, 6.07) is 12.6. The molecule has 0 saturated carbocycles. The van der Waals surface area contributed by atoms with Crippen molar-refractivity contribution in [3.05, 3.63) is 70.4 Å². The molecule has 0 saturated heterocycles. The van der Waals surface area contributed by atoms with Gasteiger partial charge in [0.15, 0.2) is 11.5 Å². The van der Waals surface area contributed by atoms with Crippen LogP contribution in [0.4, 0.5) is 4.79 Å². The topological polar surface area (TPSA) is 89.1 Å². The largest absolute Gasteiger partial charge is 0.493 e. The molecule has 0 spiro atoms. The molecule has 0 radical (unpaired) electrons. The predicted octanol–water partition coefficient (Wildman–Crippen LogP) is 2.93. The summed E-state index contributed by atoms with van der Waals surface area (Å²) in [7, 11) is 3.10. The standard InChI is InChI=1S/C25H29N3O5/c1-4-33-24(29)22-19(15-28-12-11-16-7-5-6-8-18(16)14-28)26-25(30)27-23(22)17-9-10-20(31-2)21(13-17)32-3/h5-10,13,23H,4,11-12,14-15H2,1-3H3,(H2,26,27,30)/t23-/m0/s1. The summed E-state index contributed by atoms with van der Waals surface area (Å²) in [6.45, 7) is 4.01. The van der Waals surface area contributed by atoms with Crippen LogP contribution in [0, 0.1) is 0 Å². The Morgan fingerprint density at radius 3 is 2.58 bits per heavy atom. The van der Waals surface area contributed by atoms with Gasteiger partial charge in [0.05, 0.1) is 32.4 Å². The molecule has 2 amide bonds. The average Bonchev–Trinajstić information content (AvgIpc) is 2.83. The number of hydrogen-bond acceptors (Lipinski definition) is 6. The Hall–Kier alpha value is -3.52. The van der Waals surface area contributed by atoms with E-state index < -0.39 is 12.0 Å². The van der Waals surface area contributed by atoms with Gasteiger partial charge in [0, 0.05) is 25.3 Å². The number of methoxy groups -OCH3 is 2. The highest BCUT2D eigenvalue weighted by atomic mass is 16.5. The molecule has 0 aliphatic carbocycles. The molecule has 0 aromatic heterocycles. The van der Waals surface area contributed by atoms with Crippen LogP contribution in [0.1, 0.15) is 29.7 Å². The van der Waals surface area contributed by atoms with E-state index >= 15 is 0 Å². The van der Waals surface area contributed by atoms with E-state index in [2.05, 4.69) is 33.7 Å². The fourth-order valence-electron chi connectivity index (χ4n) is 4.39. The van der Waals surface area contributed by atoms with Crippen LogP contribution in [0.5, 0.6) is 11.5 Å². The van der Waals surface area contributed by atoms with Crippen molar-refractivity contribution >= 4 is 12.0 Å². The van der Waals surface area contributed by atoms with Crippen LogP contribution in [0.3, 0.4) is 0 Å². The minimum atomic E-state index is -0.676. The van der Waals surface area contributed by atoms with E-state index in [1.54, 1.807) is 33.3 Å². The van der Waals surface area contributed by atoms with Crippen LogP contribution in [0.2, 0.25) is 0 Å². The summed E-state index contributed by atoms with van der Waals surface area (Å²) in [4.78, 5) is 27.9. The number of nitrogens with one attached hydrogen (secondary N) is 2. The fourth-order valence-corrected chi connectivity index (χ4v) is 4.39. The maximum absolute atomic E-state index is 13.1. The Balaban J connectivity index is 1.70. The maximum Gasteiger partial charge on any atom is 0.338 e. The molecule has 2 aliphatic rings. The first-order valence-electron chi connectivity index (χ1n) is 11.0. The minimum Gasteiger partial charge on any atom is -0.493 e. The maximum atomic E-state index is 13.1. The van der Waals surface area contributed by atoms with Gasteiger partial charge in [0.25, 0.3) is 0 Å². The van der Waals surface area contributed by atoms with Crippen molar-refractivity contribution in [1.29, 1.82) is 0 Å². The monoisotopic (exact) mass is 451 g/mol. The summed E-state index contributed by atoms with van der Waals surface area (Å²) < 4.78 is 16.1. The number of ether oxygens (including phenoxy) is 3. The molecule has 4 rings (SSSR count). The molecule has 2 aliphatic heterocycles. The predicted molar refractivity (Wildman–Crippen MR) is 123 cm³/mol. The summed E-state index contributed by atoms with van der Waals surface area (Å²) in [6.07, 6.45) is 0.920. The molecule has 8 heteroatoms. The van der Waals surface area contributed by atoms with Crippen molar-refractivity contribution in [2.75, 3.05) is 33.9 Å². The van der Waals surface area contributed by atoms with Crippen LogP contribution in [-0.2, 0) is 22.5 Å². The minimum absolute atomic E-state index is 0.235. The van der Waals surface area contributed by atoms with Crippen molar-refractivity contribution in [1.82, 2.24) is 15.5 Å². The van der Waals surface area contributed by atoms with Gasteiger partial charge in [-0.1, -0.05) is 30.3 Å². The second-order valence-corrected chi connectivity index (χ2v) is 7.99. The van der Waals surface area contributed by atoms with Crippen LogP contribution in [-0.4, -0.2) is 50.8 Å². The zero-order valence-electron chi connectivity index (χ0n) is 19.1. The second kappa shape index (κ2) is 9.95. The summed E-state index contributed by atoms with van der Waals surface area (Å²) in [5.74, 6) is 0.618. The lowest BCUT2D eigenvalue weighted by Gasteiger charge is -2.34. The van der Waals surface area contributed by atoms with Gasteiger partial charge in [0.1, 0.15) is 0 Å². The summed E-state index contributed by atoms with van der Waals surface area (Å²) in [5.41, 5.74) is 4.25. The molecule has 0 unspecified atom stereocenters. The van der Waals surface area contributed by atoms with Gasteiger partial charge in [-0.2, -0.15) is 0 Å². The van der Waals surface area contributed by atoms with Crippen molar-refractivity contribution in [2.24, 2.45) is 0 Å². The molecule has 2 N–H and O–H groups in total. The number of urea groups is 1. The number of esters is 1. The quantitative estimate of drug-likeness (QED) is 0.630.